The van der Waals surface area contributed by atoms with Crippen LogP contribution in [-0.2, 0) is 9.59 Å². The van der Waals surface area contributed by atoms with Gasteiger partial charge in [-0.1, -0.05) is 17.7 Å². The van der Waals surface area contributed by atoms with Gasteiger partial charge in [-0.15, -0.1) is 0 Å². The average Bonchev–Trinajstić information content (AvgIpc) is 3.46. The Kier molecular flexibility index (Phi) is 4.95. The molecular formula is C20H25ClN4O3. The fraction of sp³-hybridized carbons (Fsp3) is 0.550. The third-order valence-electron chi connectivity index (χ3n) is 6.10. The molecule has 1 saturated carbocycles. The highest BCUT2D eigenvalue weighted by Gasteiger charge is 2.55. The maximum atomic E-state index is 12.8. The van der Waals surface area contributed by atoms with E-state index in [4.69, 9.17) is 11.6 Å². The monoisotopic (exact) mass is 404 g/mol. The van der Waals surface area contributed by atoms with Gasteiger partial charge < -0.3 is 15.1 Å². The van der Waals surface area contributed by atoms with E-state index in [1.54, 1.807) is 0 Å². The van der Waals surface area contributed by atoms with Crippen molar-refractivity contribution < 1.29 is 14.4 Å². The molecule has 0 aromatic heterocycles. The summed E-state index contributed by atoms with van der Waals surface area (Å²) in [5.41, 5.74) is 0.158. The largest absolute Gasteiger partial charge is 0.365 e. The number of carbonyl (C=O) groups is 3. The number of anilines is 1. The fourth-order valence-electron chi connectivity index (χ4n) is 4.43. The van der Waals surface area contributed by atoms with Crippen molar-refractivity contribution >= 4 is 35.1 Å². The Bertz CT molecular complexity index is 812. The summed E-state index contributed by atoms with van der Waals surface area (Å²) in [6, 6.07) is 7.47. The van der Waals surface area contributed by atoms with E-state index >= 15 is 0 Å². The molecule has 1 aliphatic carbocycles. The number of piperazine rings is 1. The number of benzene rings is 1. The van der Waals surface area contributed by atoms with Crippen molar-refractivity contribution in [3.05, 3.63) is 29.3 Å². The van der Waals surface area contributed by atoms with Crippen molar-refractivity contribution in [3.63, 3.8) is 0 Å². The van der Waals surface area contributed by atoms with E-state index in [1.807, 2.05) is 29.2 Å². The van der Waals surface area contributed by atoms with E-state index < -0.39 is 11.6 Å². The molecule has 2 atom stereocenters. The number of rotatable bonds is 5. The molecule has 1 aromatic carbocycles. The van der Waals surface area contributed by atoms with Gasteiger partial charge in [0.1, 0.15) is 5.54 Å². The molecule has 7 nitrogen and oxygen atoms in total. The Labute approximate surface area is 169 Å². The van der Waals surface area contributed by atoms with E-state index in [9.17, 15) is 14.4 Å². The van der Waals surface area contributed by atoms with Gasteiger partial charge in [0, 0.05) is 42.8 Å². The minimum atomic E-state index is -0.902. The zero-order valence-electron chi connectivity index (χ0n) is 15.9. The van der Waals surface area contributed by atoms with Crippen LogP contribution in [0, 0.1) is 5.92 Å². The summed E-state index contributed by atoms with van der Waals surface area (Å²) in [4.78, 5) is 40.9. The molecule has 28 heavy (non-hydrogen) atoms. The molecule has 3 aliphatic rings. The summed E-state index contributed by atoms with van der Waals surface area (Å²) < 4.78 is 0. The van der Waals surface area contributed by atoms with Crippen molar-refractivity contribution in [3.8, 4) is 0 Å². The summed E-state index contributed by atoms with van der Waals surface area (Å²) in [7, 11) is 0. The van der Waals surface area contributed by atoms with Crippen molar-refractivity contribution in [1.82, 2.24) is 15.5 Å². The van der Waals surface area contributed by atoms with Crippen LogP contribution in [0.2, 0.25) is 5.02 Å². The summed E-state index contributed by atoms with van der Waals surface area (Å²) >= 11 is 6.11. The molecule has 1 aromatic rings. The molecule has 3 fully saturated rings. The van der Waals surface area contributed by atoms with Gasteiger partial charge in [-0.25, -0.2) is 4.79 Å². The normalized spacial score (nSPS) is 27.6. The van der Waals surface area contributed by atoms with Crippen LogP contribution in [0.4, 0.5) is 10.5 Å². The van der Waals surface area contributed by atoms with Crippen LogP contribution in [0.5, 0.6) is 0 Å². The fourth-order valence-corrected chi connectivity index (χ4v) is 4.62. The van der Waals surface area contributed by atoms with Crippen LogP contribution in [0.25, 0.3) is 0 Å². The van der Waals surface area contributed by atoms with E-state index in [0.717, 1.165) is 25.1 Å². The predicted octanol–water partition coefficient (Wildman–Crippen LogP) is 2.15. The molecule has 150 valence electrons. The lowest BCUT2D eigenvalue weighted by Gasteiger charge is -2.41. The highest BCUT2D eigenvalue weighted by molar-refractivity contribution is 6.30. The molecular weight excluding hydrogens is 380 g/mol. The molecule has 0 spiro atoms. The zero-order valence-corrected chi connectivity index (χ0v) is 16.7. The highest BCUT2D eigenvalue weighted by Crippen LogP contribution is 2.43. The van der Waals surface area contributed by atoms with Crippen molar-refractivity contribution in [2.24, 2.45) is 5.92 Å². The van der Waals surface area contributed by atoms with Gasteiger partial charge in [-0.05, 0) is 50.3 Å². The molecule has 0 bridgehead atoms. The molecule has 8 heteroatoms. The maximum absolute atomic E-state index is 12.8. The molecule has 2 saturated heterocycles. The van der Waals surface area contributed by atoms with Crippen molar-refractivity contribution in [2.45, 2.75) is 44.2 Å². The summed E-state index contributed by atoms with van der Waals surface area (Å²) in [5, 5.41) is 5.82. The number of nitrogens with one attached hydrogen (secondary N) is 2. The van der Waals surface area contributed by atoms with Crippen molar-refractivity contribution in [2.75, 3.05) is 24.5 Å². The number of nitrogens with zero attached hydrogens (tertiary/aromatic N) is 2. The molecule has 4 rings (SSSR count). The third kappa shape index (κ3) is 3.55. The number of hydrogen-bond donors (Lipinski definition) is 2. The van der Waals surface area contributed by atoms with Crippen LogP contribution >= 0.6 is 11.6 Å². The predicted molar refractivity (Wildman–Crippen MR) is 106 cm³/mol. The second-order valence-electron chi connectivity index (χ2n) is 8.02. The first-order chi connectivity index (χ1) is 13.4. The average molecular weight is 405 g/mol. The van der Waals surface area contributed by atoms with Crippen LogP contribution in [-0.4, -0.2) is 54.0 Å². The standard InChI is InChI=1S/C20H25ClN4O3/c1-13-12-24(9-10-25(13)16-4-2-3-15(21)11-16)17(26)7-8-20(14-5-6-14)18(27)22-19(28)23-20/h2-4,11,13-14H,5-10,12H2,1H3,(H2,22,23,27,28). The summed E-state index contributed by atoms with van der Waals surface area (Å²) in [6.45, 7) is 4.08. The highest BCUT2D eigenvalue weighted by atomic mass is 35.5. The lowest BCUT2D eigenvalue weighted by atomic mass is 9.87. The zero-order chi connectivity index (χ0) is 19.9. The van der Waals surface area contributed by atoms with Gasteiger partial charge in [0.25, 0.3) is 5.91 Å². The molecule has 0 radical (unpaired) electrons. The third-order valence-corrected chi connectivity index (χ3v) is 6.33. The summed E-state index contributed by atoms with van der Waals surface area (Å²) in [6.07, 6.45) is 2.44. The van der Waals surface area contributed by atoms with Gasteiger partial charge in [0.05, 0.1) is 0 Å². The Morgan fingerprint density at radius 2 is 2.07 bits per heavy atom. The first kappa shape index (κ1) is 19.1. The topological polar surface area (TPSA) is 81.8 Å². The van der Waals surface area contributed by atoms with Gasteiger partial charge >= 0.3 is 6.03 Å². The number of imide groups is 1. The molecule has 2 unspecified atom stereocenters. The lowest BCUT2D eigenvalue weighted by Crippen LogP contribution is -2.54. The quantitative estimate of drug-likeness (QED) is 0.737. The van der Waals surface area contributed by atoms with Crippen LogP contribution in [0.3, 0.4) is 0 Å². The second-order valence-corrected chi connectivity index (χ2v) is 8.45. The minimum absolute atomic E-state index is 0.0339. The molecule has 4 amide bonds. The Morgan fingerprint density at radius 3 is 2.68 bits per heavy atom. The Morgan fingerprint density at radius 1 is 1.29 bits per heavy atom. The van der Waals surface area contributed by atoms with Crippen LogP contribution in [0.15, 0.2) is 24.3 Å². The number of urea groups is 1. The number of carbonyl (C=O) groups excluding carboxylic acids is 3. The second kappa shape index (κ2) is 7.28. The van der Waals surface area contributed by atoms with E-state index in [0.29, 0.717) is 24.5 Å². The van der Waals surface area contributed by atoms with E-state index in [1.165, 1.54) is 0 Å². The van der Waals surface area contributed by atoms with E-state index in [2.05, 4.69) is 22.5 Å². The smallest absolute Gasteiger partial charge is 0.322 e. The van der Waals surface area contributed by atoms with Gasteiger partial charge in [-0.3, -0.25) is 14.9 Å². The summed E-state index contributed by atoms with van der Waals surface area (Å²) in [5.74, 6) is -0.108. The van der Waals surface area contributed by atoms with Gasteiger partial charge in [0.15, 0.2) is 0 Å². The van der Waals surface area contributed by atoms with Crippen molar-refractivity contribution in [1.29, 1.82) is 0 Å². The lowest BCUT2D eigenvalue weighted by molar-refractivity contribution is -0.133. The number of hydrogen-bond acceptors (Lipinski definition) is 4. The number of amides is 4. The number of halogens is 1. The molecule has 2 heterocycles. The molecule has 2 aliphatic heterocycles. The van der Waals surface area contributed by atoms with E-state index in [-0.39, 0.29) is 30.2 Å². The Balaban J connectivity index is 1.36. The van der Waals surface area contributed by atoms with Crippen LogP contribution < -0.4 is 15.5 Å². The first-order valence-electron chi connectivity index (χ1n) is 9.82. The Hall–Kier alpha value is -2.28. The maximum Gasteiger partial charge on any atom is 0.322 e. The molecule has 2 N–H and O–H groups in total. The first-order valence-corrected chi connectivity index (χ1v) is 10.2. The SMILES string of the molecule is CC1CN(C(=O)CCC2(C3CC3)NC(=O)NC2=O)CCN1c1cccc(Cl)c1. The van der Waals surface area contributed by atoms with Gasteiger partial charge in [0.2, 0.25) is 5.91 Å². The van der Waals surface area contributed by atoms with Gasteiger partial charge in [-0.2, -0.15) is 0 Å². The minimum Gasteiger partial charge on any atom is -0.365 e. The van der Waals surface area contributed by atoms with Crippen LogP contribution in [0.1, 0.15) is 32.6 Å².